The maximum absolute atomic E-state index is 6.38. The third-order valence-corrected chi connectivity index (χ3v) is 7.67. The van der Waals surface area contributed by atoms with Crippen LogP contribution in [0.4, 0.5) is 0 Å². The molecule has 0 N–H and O–H groups in total. The first-order valence-corrected chi connectivity index (χ1v) is 11.7. The van der Waals surface area contributed by atoms with Gasteiger partial charge in [-0.1, -0.05) is 45.8 Å². The standard InChI is InChI=1S/C26H38O2/c1-4-6-16-27-20-9-11-21-19(18-20)8-10-23-22(21)14-15-26(3)24(23)12-13-25(26)28-17-7-5-2/h9,11,14,18,23-25H,4-8,10,12-13,15-17H2,1-3H3/t23?,24?,25-,26-/m0/s1. The smallest absolute Gasteiger partial charge is 0.119 e. The van der Waals surface area contributed by atoms with E-state index in [0.29, 0.717) is 11.5 Å². The first-order chi connectivity index (χ1) is 13.7. The van der Waals surface area contributed by atoms with Crippen LogP contribution in [0.1, 0.15) is 83.3 Å². The SMILES string of the molecule is CCCCOc1ccc2c(c1)CCC1C2=CC[C@@]2(C)C1CC[C@@H]2OCCCC. The Bertz CT molecular complexity index is 706. The Morgan fingerprint density at radius 2 is 1.86 bits per heavy atom. The van der Waals surface area contributed by atoms with Crippen LogP contribution in [0.3, 0.4) is 0 Å². The van der Waals surface area contributed by atoms with Crippen LogP contribution in [-0.2, 0) is 11.2 Å². The highest BCUT2D eigenvalue weighted by Crippen LogP contribution is 2.59. The predicted molar refractivity (Wildman–Crippen MR) is 117 cm³/mol. The van der Waals surface area contributed by atoms with E-state index < -0.39 is 0 Å². The largest absolute Gasteiger partial charge is 0.494 e. The summed E-state index contributed by atoms with van der Waals surface area (Å²) in [5.74, 6) is 2.56. The van der Waals surface area contributed by atoms with Crippen LogP contribution in [0.5, 0.6) is 5.75 Å². The third kappa shape index (κ3) is 3.65. The van der Waals surface area contributed by atoms with Crippen LogP contribution in [0.2, 0.25) is 0 Å². The summed E-state index contributed by atoms with van der Waals surface area (Å²) in [5, 5.41) is 0. The summed E-state index contributed by atoms with van der Waals surface area (Å²) in [4.78, 5) is 0. The topological polar surface area (TPSA) is 18.5 Å². The average molecular weight is 383 g/mol. The molecule has 0 aromatic heterocycles. The zero-order valence-electron chi connectivity index (χ0n) is 18.1. The summed E-state index contributed by atoms with van der Waals surface area (Å²) in [6.45, 7) is 8.74. The fourth-order valence-corrected chi connectivity index (χ4v) is 5.97. The number of allylic oxidation sites excluding steroid dienone is 2. The molecule has 1 aromatic rings. The fraction of sp³-hybridized carbons (Fsp3) is 0.692. The summed E-state index contributed by atoms with van der Waals surface area (Å²) in [6.07, 6.45) is 14.0. The van der Waals surface area contributed by atoms with Gasteiger partial charge in [0, 0.05) is 12.0 Å². The van der Waals surface area contributed by atoms with Gasteiger partial charge < -0.3 is 9.47 Å². The van der Waals surface area contributed by atoms with Crippen molar-refractivity contribution in [2.24, 2.45) is 17.3 Å². The summed E-state index contributed by atoms with van der Waals surface area (Å²) >= 11 is 0. The molecule has 0 heterocycles. The lowest BCUT2D eigenvalue weighted by molar-refractivity contribution is -0.0368. The van der Waals surface area contributed by atoms with E-state index in [-0.39, 0.29) is 0 Å². The lowest BCUT2D eigenvalue weighted by Gasteiger charge is -2.46. The van der Waals surface area contributed by atoms with Crippen LogP contribution in [0, 0.1) is 17.3 Å². The second kappa shape index (κ2) is 8.61. The van der Waals surface area contributed by atoms with Crippen molar-refractivity contribution in [3.05, 3.63) is 35.4 Å². The van der Waals surface area contributed by atoms with Gasteiger partial charge in [-0.3, -0.25) is 0 Å². The molecule has 28 heavy (non-hydrogen) atoms. The number of ether oxygens (including phenoxy) is 2. The molecular formula is C26H38O2. The number of hydrogen-bond donors (Lipinski definition) is 0. The van der Waals surface area contributed by atoms with Crippen LogP contribution < -0.4 is 4.74 Å². The first kappa shape index (κ1) is 20.0. The number of aryl methyl sites for hydroxylation is 1. The zero-order chi connectivity index (χ0) is 19.6. The summed E-state index contributed by atoms with van der Waals surface area (Å²) < 4.78 is 12.3. The van der Waals surface area contributed by atoms with E-state index in [4.69, 9.17) is 9.47 Å². The summed E-state index contributed by atoms with van der Waals surface area (Å²) in [7, 11) is 0. The molecule has 4 atom stereocenters. The van der Waals surface area contributed by atoms with Gasteiger partial charge in [0.2, 0.25) is 0 Å². The maximum Gasteiger partial charge on any atom is 0.119 e. The molecule has 2 heteroatoms. The van der Waals surface area contributed by atoms with Gasteiger partial charge in [0.1, 0.15) is 5.75 Å². The fourth-order valence-electron chi connectivity index (χ4n) is 5.97. The molecule has 1 fully saturated rings. The number of hydrogen-bond acceptors (Lipinski definition) is 2. The van der Waals surface area contributed by atoms with Gasteiger partial charge in [0.15, 0.2) is 0 Å². The van der Waals surface area contributed by atoms with Crippen molar-refractivity contribution in [2.75, 3.05) is 13.2 Å². The average Bonchev–Trinajstić information content (AvgIpc) is 3.04. The van der Waals surface area contributed by atoms with Gasteiger partial charge in [-0.2, -0.15) is 0 Å². The molecule has 2 unspecified atom stereocenters. The molecular weight excluding hydrogens is 344 g/mol. The van der Waals surface area contributed by atoms with E-state index in [0.717, 1.165) is 37.2 Å². The molecule has 0 amide bonds. The Morgan fingerprint density at radius 3 is 2.68 bits per heavy atom. The highest BCUT2D eigenvalue weighted by Gasteiger charge is 2.52. The molecule has 3 aliphatic rings. The highest BCUT2D eigenvalue weighted by molar-refractivity contribution is 5.73. The lowest BCUT2D eigenvalue weighted by atomic mass is 9.60. The highest BCUT2D eigenvalue weighted by atomic mass is 16.5. The van der Waals surface area contributed by atoms with Crippen molar-refractivity contribution in [1.29, 1.82) is 0 Å². The Morgan fingerprint density at radius 1 is 1.04 bits per heavy atom. The number of rotatable bonds is 8. The molecule has 1 aromatic carbocycles. The van der Waals surface area contributed by atoms with Gasteiger partial charge in [-0.05, 0) is 85.6 Å². The predicted octanol–water partition coefficient (Wildman–Crippen LogP) is 6.82. The minimum absolute atomic E-state index is 0.336. The molecule has 0 aliphatic heterocycles. The minimum atomic E-state index is 0.336. The van der Waals surface area contributed by atoms with Crippen LogP contribution in [0.15, 0.2) is 24.3 Å². The van der Waals surface area contributed by atoms with E-state index >= 15 is 0 Å². The second-order valence-electron chi connectivity index (χ2n) is 9.43. The second-order valence-corrected chi connectivity index (χ2v) is 9.43. The molecule has 154 valence electrons. The van der Waals surface area contributed by atoms with Gasteiger partial charge in [-0.15, -0.1) is 0 Å². The van der Waals surface area contributed by atoms with Gasteiger partial charge in [0.05, 0.1) is 12.7 Å². The van der Waals surface area contributed by atoms with Crippen molar-refractivity contribution in [3.63, 3.8) is 0 Å². The molecule has 1 saturated carbocycles. The van der Waals surface area contributed by atoms with E-state index in [1.165, 1.54) is 62.5 Å². The van der Waals surface area contributed by atoms with E-state index in [1.807, 2.05) is 0 Å². The molecule has 2 nitrogen and oxygen atoms in total. The normalized spacial score (nSPS) is 31.0. The number of benzene rings is 1. The lowest BCUT2D eigenvalue weighted by Crippen LogP contribution is -2.41. The first-order valence-electron chi connectivity index (χ1n) is 11.7. The van der Waals surface area contributed by atoms with Gasteiger partial charge >= 0.3 is 0 Å². The van der Waals surface area contributed by atoms with Crippen LogP contribution in [-0.4, -0.2) is 19.3 Å². The van der Waals surface area contributed by atoms with Crippen LogP contribution >= 0.6 is 0 Å². The van der Waals surface area contributed by atoms with Gasteiger partial charge in [0.25, 0.3) is 0 Å². The van der Waals surface area contributed by atoms with E-state index in [9.17, 15) is 0 Å². The van der Waals surface area contributed by atoms with Crippen molar-refractivity contribution in [2.45, 2.75) is 84.7 Å². The monoisotopic (exact) mass is 382 g/mol. The Labute approximate surface area is 171 Å². The summed E-state index contributed by atoms with van der Waals surface area (Å²) in [5.41, 5.74) is 4.95. The van der Waals surface area contributed by atoms with Crippen molar-refractivity contribution in [3.8, 4) is 5.75 Å². The van der Waals surface area contributed by atoms with Crippen molar-refractivity contribution >= 4 is 5.57 Å². The Hall–Kier alpha value is -1.28. The van der Waals surface area contributed by atoms with Crippen LogP contribution in [0.25, 0.3) is 5.57 Å². The molecule has 0 saturated heterocycles. The molecule has 3 aliphatic carbocycles. The zero-order valence-corrected chi connectivity index (χ0v) is 18.1. The van der Waals surface area contributed by atoms with Gasteiger partial charge in [-0.25, -0.2) is 0 Å². The van der Waals surface area contributed by atoms with E-state index in [1.54, 1.807) is 5.57 Å². The maximum atomic E-state index is 6.38. The van der Waals surface area contributed by atoms with E-state index in [2.05, 4.69) is 45.0 Å². The Kier molecular flexibility index (Phi) is 6.16. The Balaban J connectivity index is 1.51. The number of fused-ring (bicyclic) bond motifs is 5. The van der Waals surface area contributed by atoms with Crippen molar-refractivity contribution < 1.29 is 9.47 Å². The summed E-state index contributed by atoms with van der Waals surface area (Å²) in [6, 6.07) is 6.83. The molecule has 0 bridgehead atoms. The number of unbranched alkanes of at least 4 members (excludes halogenated alkanes) is 2. The minimum Gasteiger partial charge on any atom is -0.494 e. The quantitative estimate of drug-likeness (QED) is 0.459. The molecule has 4 rings (SSSR count). The molecule has 0 spiro atoms. The molecule has 0 radical (unpaired) electrons. The van der Waals surface area contributed by atoms with Crippen molar-refractivity contribution in [1.82, 2.24) is 0 Å². The third-order valence-electron chi connectivity index (χ3n) is 7.67.